The van der Waals surface area contributed by atoms with Gasteiger partial charge in [-0.25, -0.2) is 4.39 Å². The molecule has 0 aliphatic rings. The zero-order valence-corrected chi connectivity index (χ0v) is 10.2. The highest BCUT2D eigenvalue weighted by Crippen LogP contribution is 2.22. The van der Waals surface area contributed by atoms with Crippen molar-refractivity contribution in [2.24, 2.45) is 0 Å². The molecule has 3 nitrogen and oxygen atoms in total. The quantitative estimate of drug-likeness (QED) is 0.820. The number of aliphatic hydroxyl groups is 1. The molecule has 17 heavy (non-hydrogen) atoms. The van der Waals surface area contributed by atoms with Crippen LogP contribution in [0.2, 0.25) is 0 Å². The van der Waals surface area contributed by atoms with E-state index in [1.807, 2.05) is 19.9 Å². The first-order chi connectivity index (χ1) is 7.95. The standard InChI is InChI=1S/C13H18FNO2/c1-13(2,9-15-12(17)6-7-16)10-4-3-5-11(14)8-10/h3-5,8,16H,6-7,9H2,1-2H3,(H,15,17). The Labute approximate surface area is 101 Å². The molecule has 1 amide bonds. The molecule has 0 saturated carbocycles. The van der Waals surface area contributed by atoms with Crippen LogP contribution in [0.5, 0.6) is 0 Å². The number of nitrogens with one attached hydrogen (secondary N) is 1. The number of aliphatic hydroxyl groups excluding tert-OH is 1. The van der Waals surface area contributed by atoms with Crippen molar-refractivity contribution in [2.75, 3.05) is 13.2 Å². The van der Waals surface area contributed by atoms with Crippen LogP contribution in [0.4, 0.5) is 4.39 Å². The molecule has 4 heteroatoms. The van der Waals surface area contributed by atoms with E-state index in [0.29, 0.717) is 6.54 Å². The molecule has 1 rings (SSSR count). The lowest BCUT2D eigenvalue weighted by molar-refractivity contribution is -0.121. The number of hydrogen-bond acceptors (Lipinski definition) is 2. The summed E-state index contributed by atoms with van der Waals surface area (Å²) < 4.78 is 13.1. The minimum atomic E-state index is -0.340. The molecule has 0 aliphatic heterocycles. The SMILES string of the molecule is CC(C)(CNC(=O)CCO)c1cccc(F)c1. The van der Waals surface area contributed by atoms with Gasteiger partial charge >= 0.3 is 0 Å². The van der Waals surface area contributed by atoms with Crippen molar-refractivity contribution < 1.29 is 14.3 Å². The van der Waals surface area contributed by atoms with E-state index in [0.717, 1.165) is 5.56 Å². The molecule has 0 aromatic heterocycles. The van der Waals surface area contributed by atoms with Crippen molar-refractivity contribution in [1.82, 2.24) is 5.32 Å². The molecular formula is C13H18FNO2. The van der Waals surface area contributed by atoms with Crippen LogP contribution >= 0.6 is 0 Å². The minimum Gasteiger partial charge on any atom is -0.396 e. The van der Waals surface area contributed by atoms with Gasteiger partial charge in [-0.05, 0) is 17.7 Å². The van der Waals surface area contributed by atoms with E-state index in [1.165, 1.54) is 12.1 Å². The van der Waals surface area contributed by atoms with Gasteiger partial charge in [0.1, 0.15) is 5.82 Å². The number of carbonyl (C=O) groups is 1. The Balaban J connectivity index is 2.65. The monoisotopic (exact) mass is 239 g/mol. The molecule has 0 aliphatic carbocycles. The van der Waals surface area contributed by atoms with Crippen molar-refractivity contribution in [1.29, 1.82) is 0 Å². The Morgan fingerprint density at radius 1 is 1.47 bits per heavy atom. The third-order valence-corrected chi connectivity index (χ3v) is 2.67. The fraction of sp³-hybridized carbons (Fsp3) is 0.462. The van der Waals surface area contributed by atoms with Crippen LogP contribution in [0.3, 0.4) is 0 Å². The second-order valence-electron chi connectivity index (χ2n) is 4.64. The maximum Gasteiger partial charge on any atom is 0.222 e. The van der Waals surface area contributed by atoms with Gasteiger partial charge in [-0.3, -0.25) is 4.79 Å². The highest BCUT2D eigenvalue weighted by atomic mass is 19.1. The molecule has 0 heterocycles. The van der Waals surface area contributed by atoms with Gasteiger partial charge in [-0.1, -0.05) is 26.0 Å². The van der Waals surface area contributed by atoms with Crippen molar-refractivity contribution in [3.8, 4) is 0 Å². The van der Waals surface area contributed by atoms with Gasteiger partial charge in [0, 0.05) is 18.4 Å². The number of amides is 1. The second-order valence-corrected chi connectivity index (χ2v) is 4.64. The number of carbonyl (C=O) groups excluding carboxylic acids is 1. The molecule has 0 atom stereocenters. The topological polar surface area (TPSA) is 49.3 Å². The summed E-state index contributed by atoms with van der Waals surface area (Å²) >= 11 is 0. The molecule has 0 bridgehead atoms. The number of halogens is 1. The predicted octanol–water partition coefficient (Wildman–Crippen LogP) is 1.60. The van der Waals surface area contributed by atoms with Crippen molar-refractivity contribution in [3.05, 3.63) is 35.6 Å². The summed E-state index contributed by atoms with van der Waals surface area (Å²) in [5.41, 5.74) is 0.495. The van der Waals surface area contributed by atoms with Gasteiger partial charge in [0.25, 0.3) is 0 Å². The molecule has 1 aromatic rings. The van der Waals surface area contributed by atoms with Gasteiger partial charge in [0.2, 0.25) is 5.91 Å². The second kappa shape index (κ2) is 5.77. The summed E-state index contributed by atoms with van der Waals surface area (Å²) in [7, 11) is 0. The molecule has 2 N–H and O–H groups in total. The van der Waals surface area contributed by atoms with Crippen molar-refractivity contribution in [3.63, 3.8) is 0 Å². The van der Waals surface area contributed by atoms with E-state index in [1.54, 1.807) is 6.07 Å². The maximum atomic E-state index is 13.1. The summed E-state index contributed by atoms with van der Waals surface area (Å²) in [6, 6.07) is 6.35. The molecule has 0 spiro atoms. The van der Waals surface area contributed by atoms with Gasteiger partial charge in [0.15, 0.2) is 0 Å². The minimum absolute atomic E-state index is 0.0965. The molecule has 94 valence electrons. The van der Waals surface area contributed by atoms with Crippen LogP contribution < -0.4 is 5.32 Å². The van der Waals surface area contributed by atoms with Gasteiger partial charge < -0.3 is 10.4 Å². The van der Waals surface area contributed by atoms with E-state index in [-0.39, 0.29) is 30.2 Å². The van der Waals surface area contributed by atoms with Crippen LogP contribution in [-0.2, 0) is 10.2 Å². The average Bonchev–Trinajstić information content (AvgIpc) is 2.27. The number of hydrogen-bond donors (Lipinski definition) is 2. The van der Waals surface area contributed by atoms with Gasteiger partial charge in [-0.2, -0.15) is 0 Å². The lowest BCUT2D eigenvalue weighted by Crippen LogP contribution is -2.36. The van der Waals surface area contributed by atoms with Gasteiger partial charge in [0.05, 0.1) is 6.61 Å². The molecular weight excluding hydrogens is 221 g/mol. The third-order valence-electron chi connectivity index (χ3n) is 2.67. The fourth-order valence-electron chi connectivity index (χ4n) is 1.52. The summed E-state index contributed by atoms with van der Waals surface area (Å²) in [5, 5.41) is 11.3. The highest BCUT2D eigenvalue weighted by Gasteiger charge is 2.21. The Kier molecular flexibility index (Phi) is 4.63. The summed E-state index contributed by atoms with van der Waals surface area (Å²) in [6.45, 7) is 4.11. The van der Waals surface area contributed by atoms with Crippen LogP contribution in [0, 0.1) is 5.82 Å². The third kappa shape index (κ3) is 4.15. The van der Waals surface area contributed by atoms with E-state index in [2.05, 4.69) is 5.32 Å². The maximum absolute atomic E-state index is 13.1. The summed E-state index contributed by atoms with van der Waals surface area (Å²) in [6.07, 6.45) is 0.0965. The molecule has 0 unspecified atom stereocenters. The van der Waals surface area contributed by atoms with Crippen LogP contribution in [0.15, 0.2) is 24.3 Å². The fourth-order valence-corrected chi connectivity index (χ4v) is 1.52. The Bertz CT molecular complexity index is 391. The molecule has 1 aromatic carbocycles. The van der Waals surface area contributed by atoms with Crippen molar-refractivity contribution >= 4 is 5.91 Å². The molecule has 0 saturated heterocycles. The lowest BCUT2D eigenvalue weighted by Gasteiger charge is -2.25. The zero-order chi connectivity index (χ0) is 12.9. The number of benzene rings is 1. The molecule has 0 fully saturated rings. The summed E-state index contributed by atoms with van der Waals surface area (Å²) in [5.74, 6) is -0.478. The van der Waals surface area contributed by atoms with E-state index in [9.17, 15) is 9.18 Å². The van der Waals surface area contributed by atoms with Gasteiger partial charge in [-0.15, -0.1) is 0 Å². The summed E-state index contributed by atoms with van der Waals surface area (Å²) in [4.78, 5) is 11.2. The van der Waals surface area contributed by atoms with E-state index in [4.69, 9.17) is 5.11 Å². The van der Waals surface area contributed by atoms with Crippen molar-refractivity contribution in [2.45, 2.75) is 25.7 Å². The zero-order valence-electron chi connectivity index (χ0n) is 10.2. The Morgan fingerprint density at radius 3 is 2.76 bits per heavy atom. The largest absolute Gasteiger partial charge is 0.396 e. The smallest absolute Gasteiger partial charge is 0.222 e. The Morgan fingerprint density at radius 2 is 2.18 bits per heavy atom. The first-order valence-electron chi connectivity index (χ1n) is 5.59. The predicted molar refractivity (Wildman–Crippen MR) is 64.1 cm³/mol. The Hall–Kier alpha value is -1.42. The normalized spacial score (nSPS) is 11.3. The highest BCUT2D eigenvalue weighted by molar-refractivity contribution is 5.76. The van der Waals surface area contributed by atoms with E-state index >= 15 is 0 Å². The average molecular weight is 239 g/mol. The lowest BCUT2D eigenvalue weighted by atomic mass is 9.84. The van der Waals surface area contributed by atoms with Crippen LogP contribution in [0.25, 0.3) is 0 Å². The van der Waals surface area contributed by atoms with Crippen LogP contribution in [0.1, 0.15) is 25.8 Å². The van der Waals surface area contributed by atoms with Crippen LogP contribution in [-0.4, -0.2) is 24.2 Å². The first-order valence-corrected chi connectivity index (χ1v) is 5.59. The first kappa shape index (κ1) is 13.6. The number of rotatable bonds is 5. The molecule has 0 radical (unpaired) electrons. The van der Waals surface area contributed by atoms with E-state index < -0.39 is 0 Å².